The maximum absolute atomic E-state index is 9.61. The Balaban J connectivity index is 2.79. The second-order valence-electron chi connectivity index (χ2n) is 4.65. The lowest BCUT2D eigenvalue weighted by molar-refractivity contribution is 0.0280. The molecule has 0 saturated carbocycles. The van der Waals surface area contributed by atoms with Crippen LogP contribution in [0.1, 0.15) is 38.8 Å². The zero-order valence-electron chi connectivity index (χ0n) is 10.2. The number of ether oxygens (including phenoxy) is 1. The van der Waals surface area contributed by atoms with Gasteiger partial charge in [-0.05, 0) is 26.3 Å². The molecule has 0 fully saturated rings. The van der Waals surface area contributed by atoms with Gasteiger partial charge in [-0.15, -0.1) is 0 Å². The van der Waals surface area contributed by atoms with Crippen LogP contribution < -0.4 is 10.5 Å². The number of para-hydroxylation sites is 1. The summed E-state index contributed by atoms with van der Waals surface area (Å²) in [4.78, 5) is 0. The van der Waals surface area contributed by atoms with Crippen LogP contribution in [0.3, 0.4) is 0 Å². The molecule has 0 aliphatic carbocycles. The van der Waals surface area contributed by atoms with Crippen molar-refractivity contribution in [3.8, 4) is 5.75 Å². The van der Waals surface area contributed by atoms with Crippen LogP contribution in [0.4, 0.5) is 0 Å². The lowest BCUT2D eigenvalue weighted by Gasteiger charge is -2.21. The topological polar surface area (TPSA) is 55.5 Å². The standard InChI is InChI=1S/C13H21NO2/c1-4-11(14)10-7-5-6-8-12(10)16-9-13(2,3)15/h5-8,11,15H,4,9,14H2,1-3H3/t11-/m0/s1. The van der Waals surface area contributed by atoms with Gasteiger partial charge in [0.25, 0.3) is 0 Å². The first kappa shape index (κ1) is 13.0. The molecule has 3 N–H and O–H groups in total. The molecule has 0 aromatic heterocycles. The molecule has 0 radical (unpaired) electrons. The monoisotopic (exact) mass is 223 g/mol. The molecule has 16 heavy (non-hydrogen) atoms. The van der Waals surface area contributed by atoms with Crippen molar-refractivity contribution < 1.29 is 9.84 Å². The number of hydrogen-bond donors (Lipinski definition) is 2. The normalized spacial score (nSPS) is 13.6. The average molecular weight is 223 g/mol. The minimum absolute atomic E-state index is 0.0157. The van der Waals surface area contributed by atoms with Crippen molar-refractivity contribution in [2.24, 2.45) is 5.73 Å². The van der Waals surface area contributed by atoms with E-state index < -0.39 is 5.60 Å². The maximum Gasteiger partial charge on any atom is 0.124 e. The summed E-state index contributed by atoms with van der Waals surface area (Å²) in [5.74, 6) is 0.763. The molecule has 1 atom stereocenters. The van der Waals surface area contributed by atoms with Gasteiger partial charge >= 0.3 is 0 Å². The molecule has 0 aliphatic heterocycles. The van der Waals surface area contributed by atoms with Crippen molar-refractivity contribution in [3.05, 3.63) is 29.8 Å². The van der Waals surface area contributed by atoms with Gasteiger partial charge in [-0.25, -0.2) is 0 Å². The summed E-state index contributed by atoms with van der Waals surface area (Å²) in [5.41, 5.74) is 6.16. The minimum atomic E-state index is -0.830. The fourth-order valence-electron chi connectivity index (χ4n) is 1.39. The zero-order chi connectivity index (χ0) is 12.2. The van der Waals surface area contributed by atoms with Crippen LogP contribution in [0.5, 0.6) is 5.75 Å². The number of rotatable bonds is 5. The smallest absolute Gasteiger partial charge is 0.124 e. The second kappa shape index (κ2) is 5.32. The highest BCUT2D eigenvalue weighted by Crippen LogP contribution is 2.25. The van der Waals surface area contributed by atoms with E-state index in [1.165, 1.54) is 0 Å². The molecule has 3 nitrogen and oxygen atoms in total. The largest absolute Gasteiger partial charge is 0.490 e. The highest BCUT2D eigenvalue weighted by Gasteiger charge is 2.16. The van der Waals surface area contributed by atoms with Gasteiger partial charge < -0.3 is 15.6 Å². The molecule has 0 heterocycles. The highest BCUT2D eigenvalue weighted by molar-refractivity contribution is 5.35. The summed E-state index contributed by atoms with van der Waals surface area (Å²) in [6.45, 7) is 5.74. The Kier molecular flexibility index (Phi) is 4.33. The molecule has 0 spiro atoms. The van der Waals surface area contributed by atoms with Gasteiger partial charge in [-0.1, -0.05) is 25.1 Å². The third-order valence-corrected chi connectivity index (χ3v) is 2.34. The molecule has 1 rings (SSSR count). The summed E-state index contributed by atoms with van der Waals surface area (Å²) in [7, 11) is 0. The van der Waals surface area contributed by atoms with Crippen LogP contribution >= 0.6 is 0 Å². The van der Waals surface area contributed by atoms with Crippen LogP contribution in [-0.4, -0.2) is 17.3 Å². The van der Waals surface area contributed by atoms with Crippen LogP contribution in [0.15, 0.2) is 24.3 Å². The molecular weight excluding hydrogens is 202 g/mol. The van der Waals surface area contributed by atoms with E-state index in [1.54, 1.807) is 13.8 Å². The quantitative estimate of drug-likeness (QED) is 0.805. The molecule has 0 aliphatic rings. The Hall–Kier alpha value is -1.06. The second-order valence-corrected chi connectivity index (χ2v) is 4.65. The molecule has 0 unspecified atom stereocenters. The Morgan fingerprint density at radius 2 is 2.00 bits per heavy atom. The van der Waals surface area contributed by atoms with E-state index in [-0.39, 0.29) is 12.6 Å². The summed E-state index contributed by atoms with van der Waals surface area (Å²) in [5, 5.41) is 9.61. The van der Waals surface area contributed by atoms with Gasteiger partial charge in [0.2, 0.25) is 0 Å². The first-order valence-electron chi connectivity index (χ1n) is 5.63. The number of benzene rings is 1. The van der Waals surface area contributed by atoms with Crippen molar-refractivity contribution in [1.82, 2.24) is 0 Å². The molecule has 1 aromatic rings. The summed E-state index contributed by atoms with van der Waals surface area (Å²) in [6, 6.07) is 7.69. The minimum Gasteiger partial charge on any atom is -0.490 e. The van der Waals surface area contributed by atoms with Crippen molar-refractivity contribution in [2.75, 3.05) is 6.61 Å². The van der Waals surface area contributed by atoms with E-state index >= 15 is 0 Å². The first-order valence-corrected chi connectivity index (χ1v) is 5.63. The predicted molar refractivity (Wildman–Crippen MR) is 65.5 cm³/mol. The van der Waals surface area contributed by atoms with Gasteiger partial charge in [0, 0.05) is 11.6 Å². The number of nitrogens with two attached hydrogens (primary N) is 1. The van der Waals surface area contributed by atoms with Crippen LogP contribution in [0.2, 0.25) is 0 Å². The molecular formula is C13H21NO2. The van der Waals surface area contributed by atoms with E-state index in [4.69, 9.17) is 10.5 Å². The average Bonchev–Trinajstić information content (AvgIpc) is 2.25. The number of aliphatic hydroxyl groups is 1. The molecule has 3 heteroatoms. The number of hydrogen-bond acceptors (Lipinski definition) is 3. The third kappa shape index (κ3) is 3.83. The van der Waals surface area contributed by atoms with Gasteiger partial charge in [0.15, 0.2) is 0 Å². The summed E-state index contributed by atoms with van der Waals surface area (Å²) < 4.78 is 5.59. The molecule has 1 aromatic carbocycles. The van der Waals surface area contributed by atoms with Crippen LogP contribution in [-0.2, 0) is 0 Å². The van der Waals surface area contributed by atoms with Gasteiger partial charge in [0.1, 0.15) is 12.4 Å². The Labute approximate surface area is 97.2 Å². The lowest BCUT2D eigenvalue weighted by atomic mass is 10.0. The lowest BCUT2D eigenvalue weighted by Crippen LogP contribution is -2.28. The maximum atomic E-state index is 9.61. The first-order chi connectivity index (χ1) is 7.44. The highest BCUT2D eigenvalue weighted by atomic mass is 16.5. The molecule has 0 bridgehead atoms. The Morgan fingerprint density at radius 1 is 1.38 bits per heavy atom. The Morgan fingerprint density at radius 3 is 2.56 bits per heavy atom. The van der Waals surface area contributed by atoms with E-state index in [9.17, 15) is 5.11 Å². The molecule has 0 saturated heterocycles. The van der Waals surface area contributed by atoms with E-state index in [1.807, 2.05) is 31.2 Å². The van der Waals surface area contributed by atoms with Gasteiger partial charge in [0.05, 0.1) is 5.60 Å². The van der Waals surface area contributed by atoms with Crippen LogP contribution in [0, 0.1) is 0 Å². The van der Waals surface area contributed by atoms with Crippen molar-refractivity contribution in [2.45, 2.75) is 38.8 Å². The predicted octanol–water partition coefficient (Wildman–Crippen LogP) is 2.25. The van der Waals surface area contributed by atoms with Crippen LogP contribution in [0.25, 0.3) is 0 Å². The van der Waals surface area contributed by atoms with Crippen molar-refractivity contribution in [3.63, 3.8) is 0 Å². The van der Waals surface area contributed by atoms with E-state index in [0.29, 0.717) is 0 Å². The zero-order valence-corrected chi connectivity index (χ0v) is 10.2. The third-order valence-electron chi connectivity index (χ3n) is 2.34. The summed E-state index contributed by atoms with van der Waals surface area (Å²) >= 11 is 0. The van der Waals surface area contributed by atoms with E-state index in [2.05, 4.69) is 0 Å². The van der Waals surface area contributed by atoms with Crippen molar-refractivity contribution >= 4 is 0 Å². The van der Waals surface area contributed by atoms with E-state index in [0.717, 1.165) is 17.7 Å². The van der Waals surface area contributed by atoms with Gasteiger partial charge in [-0.3, -0.25) is 0 Å². The Bertz CT molecular complexity index is 331. The fraction of sp³-hybridized carbons (Fsp3) is 0.538. The molecule has 0 amide bonds. The summed E-state index contributed by atoms with van der Waals surface area (Å²) in [6.07, 6.45) is 0.864. The van der Waals surface area contributed by atoms with Crippen molar-refractivity contribution in [1.29, 1.82) is 0 Å². The fourth-order valence-corrected chi connectivity index (χ4v) is 1.39. The molecule has 90 valence electrons. The van der Waals surface area contributed by atoms with Gasteiger partial charge in [-0.2, -0.15) is 0 Å². The SMILES string of the molecule is CC[C@H](N)c1ccccc1OCC(C)(C)O.